The molecule has 4 fully saturated rings. The molecule has 2 bridgehead atoms. The average molecular weight is 234 g/mol. The van der Waals surface area contributed by atoms with Crippen LogP contribution in [0.4, 0.5) is 0 Å². The summed E-state index contributed by atoms with van der Waals surface area (Å²) in [6.45, 7) is 7.63. The van der Waals surface area contributed by atoms with Crippen molar-refractivity contribution in [2.24, 2.45) is 29.6 Å². The first kappa shape index (κ1) is 10.6. The predicted molar refractivity (Wildman–Crippen MR) is 65.6 cm³/mol. The van der Waals surface area contributed by atoms with Gasteiger partial charge in [0.25, 0.3) is 0 Å². The van der Waals surface area contributed by atoms with Gasteiger partial charge in [-0.15, -0.1) is 0 Å². The lowest BCUT2D eigenvalue weighted by Crippen LogP contribution is -2.31. The van der Waals surface area contributed by atoms with Crippen molar-refractivity contribution in [1.29, 1.82) is 0 Å². The summed E-state index contributed by atoms with van der Waals surface area (Å²) in [5.41, 5.74) is 1.14. The lowest BCUT2D eigenvalue weighted by Gasteiger charge is -2.32. The van der Waals surface area contributed by atoms with Crippen molar-refractivity contribution < 1.29 is 9.47 Å². The van der Waals surface area contributed by atoms with Crippen LogP contribution in [-0.2, 0) is 9.47 Å². The van der Waals surface area contributed by atoms with Crippen molar-refractivity contribution >= 4 is 0 Å². The Balaban J connectivity index is 1.39. The average Bonchev–Trinajstić information content (AvgIpc) is 2.69. The Morgan fingerprint density at radius 3 is 3.00 bits per heavy atom. The maximum atomic E-state index is 5.79. The molecule has 3 aliphatic carbocycles. The summed E-state index contributed by atoms with van der Waals surface area (Å²) in [4.78, 5) is 0. The number of fused-ring (bicyclic) bond motifs is 7. The third kappa shape index (κ3) is 1.53. The molecule has 7 atom stereocenters. The third-order valence-corrected chi connectivity index (χ3v) is 5.57. The van der Waals surface area contributed by atoms with Crippen LogP contribution in [-0.4, -0.2) is 25.4 Å². The van der Waals surface area contributed by atoms with E-state index >= 15 is 0 Å². The topological polar surface area (TPSA) is 21.8 Å². The molecule has 0 amide bonds. The van der Waals surface area contributed by atoms with Gasteiger partial charge in [0.1, 0.15) is 0 Å². The van der Waals surface area contributed by atoms with Crippen molar-refractivity contribution in [3.8, 4) is 0 Å². The van der Waals surface area contributed by atoms with E-state index in [9.17, 15) is 0 Å². The second-order valence-electron chi connectivity index (χ2n) is 6.74. The van der Waals surface area contributed by atoms with Crippen LogP contribution < -0.4 is 0 Å². The van der Waals surface area contributed by atoms with Gasteiger partial charge in [-0.2, -0.15) is 0 Å². The van der Waals surface area contributed by atoms with Crippen LogP contribution in [0.3, 0.4) is 0 Å². The van der Waals surface area contributed by atoms with Crippen molar-refractivity contribution in [2.45, 2.75) is 38.4 Å². The maximum Gasteiger partial charge on any atom is 0.0875 e. The molecule has 2 heteroatoms. The normalized spacial score (nSPS) is 53.6. The minimum absolute atomic E-state index is 0.652. The summed E-state index contributed by atoms with van der Waals surface area (Å²) in [7, 11) is 0. The summed E-state index contributed by atoms with van der Waals surface area (Å²) in [6.07, 6.45) is 5.56. The van der Waals surface area contributed by atoms with E-state index in [4.69, 9.17) is 9.47 Å². The minimum atomic E-state index is 0.652. The minimum Gasteiger partial charge on any atom is -0.377 e. The van der Waals surface area contributed by atoms with Crippen LogP contribution in [0.25, 0.3) is 0 Å². The molecular formula is C15H22O2. The Hall–Kier alpha value is -0.340. The van der Waals surface area contributed by atoms with Gasteiger partial charge in [0.15, 0.2) is 0 Å². The van der Waals surface area contributed by atoms with Crippen LogP contribution in [0.15, 0.2) is 12.2 Å². The molecule has 1 heterocycles. The first-order valence-corrected chi connectivity index (χ1v) is 7.11. The molecule has 3 saturated carbocycles. The van der Waals surface area contributed by atoms with E-state index in [1.165, 1.54) is 19.3 Å². The van der Waals surface area contributed by atoms with E-state index in [-0.39, 0.29) is 0 Å². The Bertz CT molecular complexity index is 351. The van der Waals surface area contributed by atoms with Gasteiger partial charge < -0.3 is 9.47 Å². The van der Waals surface area contributed by atoms with Gasteiger partial charge >= 0.3 is 0 Å². The number of rotatable bonds is 4. The van der Waals surface area contributed by atoms with Gasteiger partial charge in [-0.1, -0.05) is 12.2 Å². The summed E-state index contributed by atoms with van der Waals surface area (Å²) in [5, 5.41) is 0. The van der Waals surface area contributed by atoms with E-state index in [1.807, 2.05) is 6.92 Å². The first-order chi connectivity index (χ1) is 8.24. The number of hydrogen-bond acceptors (Lipinski definition) is 2. The molecule has 1 aliphatic heterocycles. The molecule has 7 unspecified atom stereocenters. The van der Waals surface area contributed by atoms with Gasteiger partial charge in [0.05, 0.1) is 25.4 Å². The predicted octanol–water partition coefficient (Wildman–Crippen LogP) is 2.64. The van der Waals surface area contributed by atoms with Crippen molar-refractivity contribution in [1.82, 2.24) is 0 Å². The van der Waals surface area contributed by atoms with E-state index < -0.39 is 0 Å². The second kappa shape index (κ2) is 3.58. The molecule has 2 nitrogen and oxygen atoms in total. The highest BCUT2D eigenvalue weighted by molar-refractivity contribution is 5.14. The maximum absolute atomic E-state index is 5.79. The third-order valence-electron chi connectivity index (χ3n) is 5.57. The van der Waals surface area contributed by atoms with Crippen LogP contribution in [0.2, 0.25) is 0 Å². The molecule has 0 aromatic heterocycles. The number of epoxide rings is 1. The van der Waals surface area contributed by atoms with E-state index in [0.717, 1.165) is 48.4 Å². The molecule has 0 aromatic carbocycles. The molecule has 0 spiro atoms. The van der Waals surface area contributed by atoms with E-state index in [1.54, 1.807) is 0 Å². The fraction of sp³-hybridized carbons (Fsp3) is 0.867. The lowest BCUT2D eigenvalue weighted by atomic mass is 9.75. The highest BCUT2D eigenvalue weighted by Gasteiger charge is 2.66. The largest absolute Gasteiger partial charge is 0.377 e. The number of ether oxygens (including phenoxy) is 2. The van der Waals surface area contributed by atoms with Crippen molar-refractivity contribution in [3.05, 3.63) is 12.2 Å². The lowest BCUT2D eigenvalue weighted by molar-refractivity contribution is 0.0475. The van der Waals surface area contributed by atoms with Gasteiger partial charge in [0.2, 0.25) is 0 Å². The summed E-state index contributed by atoms with van der Waals surface area (Å²) >= 11 is 0. The second-order valence-corrected chi connectivity index (χ2v) is 6.74. The van der Waals surface area contributed by atoms with Crippen LogP contribution in [0.5, 0.6) is 0 Å². The highest BCUT2D eigenvalue weighted by Crippen LogP contribution is 2.65. The molecule has 0 radical (unpaired) electrons. The summed E-state index contributed by atoms with van der Waals surface area (Å²) in [5.74, 6) is 4.63. The van der Waals surface area contributed by atoms with Crippen LogP contribution >= 0.6 is 0 Å². The molecule has 17 heavy (non-hydrogen) atoms. The Morgan fingerprint density at radius 1 is 1.29 bits per heavy atom. The zero-order chi connectivity index (χ0) is 11.6. The molecule has 4 rings (SSSR count). The summed E-state index contributed by atoms with van der Waals surface area (Å²) < 4.78 is 11.5. The SMILES string of the molecule is C=C(C)COCC1CC2CC1C1C2CC2OC21. The molecule has 1 saturated heterocycles. The Kier molecular flexibility index (Phi) is 2.23. The zero-order valence-corrected chi connectivity index (χ0v) is 10.6. The van der Waals surface area contributed by atoms with Crippen molar-refractivity contribution in [2.75, 3.05) is 13.2 Å². The summed E-state index contributed by atoms with van der Waals surface area (Å²) in [6, 6.07) is 0. The van der Waals surface area contributed by atoms with Crippen LogP contribution in [0, 0.1) is 29.6 Å². The van der Waals surface area contributed by atoms with E-state index in [2.05, 4.69) is 6.58 Å². The highest BCUT2D eigenvalue weighted by atomic mass is 16.6. The monoisotopic (exact) mass is 234 g/mol. The molecular weight excluding hydrogens is 212 g/mol. The fourth-order valence-electron chi connectivity index (χ4n) is 5.02. The van der Waals surface area contributed by atoms with Gasteiger partial charge in [-0.05, 0) is 55.8 Å². The Labute approximate surface area is 103 Å². The molecule has 4 aliphatic rings. The van der Waals surface area contributed by atoms with Crippen molar-refractivity contribution in [3.63, 3.8) is 0 Å². The quantitative estimate of drug-likeness (QED) is 0.551. The van der Waals surface area contributed by atoms with Gasteiger partial charge in [-0.25, -0.2) is 0 Å². The van der Waals surface area contributed by atoms with Gasteiger partial charge in [0, 0.05) is 0 Å². The molecule has 0 N–H and O–H groups in total. The Morgan fingerprint density at radius 2 is 2.18 bits per heavy atom. The smallest absolute Gasteiger partial charge is 0.0875 e. The van der Waals surface area contributed by atoms with Gasteiger partial charge in [-0.3, -0.25) is 0 Å². The molecule has 0 aromatic rings. The molecule has 94 valence electrons. The fourth-order valence-corrected chi connectivity index (χ4v) is 5.02. The van der Waals surface area contributed by atoms with Crippen LogP contribution in [0.1, 0.15) is 26.2 Å². The number of hydrogen-bond donors (Lipinski definition) is 0. The first-order valence-electron chi connectivity index (χ1n) is 7.11. The zero-order valence-electron chi connectivity index (χ0n) is 10.6. The van der Waals surface area contributed by atoms with E-state index in [0.29, 0.717) is 12.2 Å². The standard InChI is InChI=1S/C15H22O2/c1-8(2)6-16-7-10-3-9-4-11(10)14-12(9)5-13-15(14)17-13/h9-15H,1,3-7H2,2H3.